The van der Waals surface area contributed by atoms with Gasteiger partial charge in [0, 0.05) is 69.0 Å². The number of thiophene rings is 1. The zero-order valence-corrected chi connectivity index (χ0v) is 32.4. The predicted octanol–water partition coefficient (Wildman–Crippen LogP) is 7.86. The molecule has 0 aliphatic heterocycles. The van der Waals surface area contributed by atoms with Gasteiger partial charge in [-0.15, -0.1) is 16.4 Å². The minimum absolute atomic E-state index is 0.114. The first-order valence-electron chi connectivity index (χ1n) is 17.8. The second-order valence-electron chi connectivity index (χ2n) is 12.6. The number of carbonyl (C=O) groups excluding carboxylic acids is 1. The van der Waals surface area contributed by atoms with Crippen LogP contribution in [0.25, 0.3) is 43.4 Å². The molecule has 3 aromatic carbocycles. The number of hydrogen-bond acceptors (Lipinski definition) is 10. The smallest absolute Gasteiger partial charge is 0.252 e. The van der Waals surface area contributed by atoms with Crippen molar-refractivity contribution in [1.82, 2.24) is 40.2 Å². The maximum atomic E-state index is 13.0. The second-order valence-corrected chi connectivity index (χ2v) is 15.0. The Morgan fingerprint density at radius 2 is 1.77 bits per heavy atom. The average molecular weight is 768 g/mol. The molecule has 11 nitrogen and oxygen atoms in total. The molecule has 4 heterocycles. The van der Waals surface area contributed by atoms with E-state index in [-0.39, 0.29) is 5.91 Å². The van der Waals surface area contributed by atoms with Gasteiger partial charge in [0.15, 0.2) is 22.1 Å². The fourth-order valence-corrected chi connectivity index (χ4v) is 8.04. The van der Waals surface area contributed by atoms with Crippen LogP contribution in [0, 0.1) is 0 Å². The minimum Gasteiger partial charge on any atom is -0.378 e. The Morgan fingerprint density at radius 3 is 2.58 bits per heavy atom. The quantitative estimate of drug-likeness (QED) is 0.0483. The number of nitrogens with zero attached hydrogens (tertiary/aromatic N) is 6. The highest BCUT2D eigenvalue weighted by Gasteiger charge is 2.17. The van der Waals surface area contributed by atoms with Crippen molar-refractivity contribution in [2.75, 3.05) is 44.4 Å². The van der Waals surface area contributed by atoms with Gasteiger partial charge in [0.1, 0.15) is 0 Å². The summed E-state index contributed by atoms with van der Waals surface area (Å²) in [6, 6.07) is 22.9. The Balaban J connectivity index is 0.922. The topological polar surface area (TPSA) is 124 Å². The lowest BCUT2D eigenvalue weighted by atomic mass is 10.1. The molecule has 0 unspecified atom stereocenters. The fraction of sp³-hybridized carbons (Fsp3) is 0.308. The third kappa shape index (κ3) is 8.34. The molecule has 14 heteroatoms. The van der Waals surface area contributed by atoms with Crippen molar-refractivity contribution >= 4 is 79.4 Å². The van der Waals surface area contributed by atoms with Gasteiger partial charge in [0.25, 0.3) is 5.91 Å². The van der Waals surface area contributed by atoms with Crippen LogP contribution in [0.3, 0.4) is 0 Å². The summed E-state index contributed by atoms with van der Waals surface area (Å²) in [5.41, 5.74) is 7.77. The molecule has 1 amide bonds. The third-order valence-corrected chi connectivity index (χ3v) is 11.2. The minimum atomic E-state index is -0.114. The number of benzene rings is 3. The molecule has 4 aromatic heterocycles. The van der Waals surface area contributed by atoms with E-state index < -0.39 is 0 Å². The highest BCUT2D eigenvalue weighted by molar-refractivity contribution is 7.99. The Morgan fingerprint density at radius 1 is 0.943 bits per heavy atom. The average Bonchev–Trinajstić information content (AvgIpc) is 3.90. The summed E-state index contributed by atoms with van der Waals surface area (Å²) in [6.45, 7) is 8.25. The first-order chi connectivity index (χ1) is 25.9. The lowest BCUT2D eigenvalue weighted by Gasteiger charge is -2.09. The van der Waals surface area contributed by atoms with Crippen molar-refractivity contribution < 1.29 is 9.53 Å². The Kier molecular flexibility index (Phi) is 11.9. The number of fused-ring (bicyclic) bond motifs is 4. The maximum Gasteiger partial charge on any atom is 0.252 e. The highest BCUT2D eigenvalue weighted by atomic mass is 35.5. The molecule has 0 radical (unpaired) electrons. The fourth-order valence-electron chi connectivity index (χ4n) is 6.33. The number of aryl methyl sites for hydroxylation is 1. The van der Waals surface area contributed by atoms with E-state index in [0.29, 0.717) is 65.6 Å². The number of ether oxygens (including phenoxy) is 1. The number of carbonyl (C=O) groups is 1. The van der Waals surface area contributed by atoms with Crippen molar-refractivity contribution in [3.05, 3.63) is 93.8 Å². The van der Waals surface area contributed by atoms with E-state index in [1.54, 1.807) is 27.8 Å². The number of aromatic nitrogens is 6. The molecule has 53 heavy (non-hydrogen) atoms. The van der Waals surface area contributed by atoms with E-state index in [4.69, 9.17) is 26.3 Å². The lowest BCUT2D eigenvalue weighted by molar-refractivity contribution is 0.0921. The first-order valence-corrected chi connectivity index (χ1v) is 20.1. The van der Waals surface area contributed by atoms with Crippen molar-refractivity contribution in [1.29, 1.82) is 0 Å². The van der Waals surface area contributed by atoms with E-state index in [0.717, 1.165) is 41.3 Å². The maximum absolute atomic E-state index is 13.0. The largest absolute Gasteiger partial charge is 0.378 e. The van der Waals surface area contributed by atoms with E-state index in [2.05, 4.69) is 81.1 Å². The number of rotatable bonds is 17. The van der Waals surface area contributed by atoms with Gasteiger partial charge in [0.05, 0.1) is 25.3 Å². The summed E-state index contributed by atoms with van der Waals surface area (Å²) in [4.78, 5) is 23.6. The lowest BCUT2D eigenvalue weighted by Crippen LogP contribution is -2.27. The number of anilines is 1. The SMILES string of the molecule is CCCSc1nc(NCCOCCNC(=O)c2csc(-c3ccc4c5cc(CNC)ccc5n(CC)c4c3)c2)c2nnn(Cc3ccc(Cl)cc3)c2n1. The molecule has 3 N–H and O–H groups in total. The van der Waals surface area contributed by atoms with Crippen LogP contribution >= 0.6 is 34.7 Å². The molecule has 0 aliphatic rings. The molecule has 0 bridgehead atoms. The van der Waals surface area contributed by atoms with Gasteiger partial charge in [-0.25, -0.2) is 14.6 Å². The van der Waals surface area contributed by atoms with Crippen LogP contribution in [0.5, 0.6) is 0 Å². The van der Waals surface area contributed by atoms with Crippen LogP contribution in [-0.2, 0) is 24.4 Å². The molecule has 7 aromatic rings. The van der Waals surface area contributed by atoms with Gasteiger partial charge < -0.3 is 25.3 Å². The second kappa shape index (κ2) is 17.1. The Labute approximate surface area is 321 Å². The van der Waals surface area contributed by atoms with E-state index >= 15 is 0 Å². The molecule has 0 spiro atoms. The molecule has 7 rings (SSSR count). The van der Waals surface area contributed by atoms with Crippen molar-refractivity contribution in [2.24, 2.45) is 0 Å². The molecule has 0 atom stereocenters. The first kappa shape index (κ1) is 36.8. The number of amides is 1. The van der Waals surface area contributed by atoms with Gasteiger partial charge in [-0.05, 0) is 73.5 Å². The molecule has 0 aliphatic carbocycles. The summed E-state index contributed by atoms with van der Waals surface area (Å²) in [5, 5.41) is 24.1. The van der Waals surface area contributed by atoms with Crippen LogP contribution in [-0.4, -0.2) is 74.5 Å². The van der Waals surface area contributed by atoms with Gasteiger partial charge in [-0.1, -0.05) is 65.8 Å². The van der Waals surface area contributed by atoms with Gasteiger partial charge in [0.2, 0.25) is 0 Å². The normalized spacial score (nSPS) is 11.6. The zero-order valence-electron chi connectivity index (χ0n) is 30.0. The van der Waals surface area contributed by atoms with Crippen molar-refractivity contribution in [2.45, 2.75) is 45.1 Å². The molecular formula is C39H42ClN9O2S2. The summed E-state index contributed by atoms with van der Waals surface area (Å²) in [6.07, 6.45) is 1.01. The van der Waals surface area contributed by atoms with E-state index in [9.17, 15) is 4.79 Å². The van der Waals surface area contributed by atoms with Crippen LogP contribution in [0.15, 0.2) is 77.3 Å². The van der Waals surface area contributed by atoms with Crippen LogP contribution < -0.4 is 16.0 Å². The van der Waals surface area contributed by atoms with E-state index in [1.807, 2.05) is 42.8 Å². The van der Waals surface area contributed by atoms with Gasteiger partial charge >= 0.3 is 0 Å². The summed E-state index contributed by atoms with van der Waals surface area (Å²) < 4.78 is 9.99. The standard InChI is InChI=1S/C39H42ClN9O2S2/c1-4-18-52-39-44-36(35-37(45-39)49(47-46-35)23-25-6-10-29(40)11-7-25)42-14-16-51-17-15-43-38(50)28-21-34(53-24-28)27-9-12-30-31-19-26(22-41-3)8-13-32(31)48(5-2)33(30)20-27/h6-13,19-21,24,41H,4-5,14-18,22-23H2,1-3H3,(H,43,50)(H,42,44,45). The zero-order chi connectivity index (χ0) is 36.7. The molecular weight excluding hydrogens is 726 g/mol. The Bertz CT molecular complexity index is 2350. The number of nitrogens with one attached hydrogen (secondary N) is 3. The van der Waals surface area contributed by atoms with Crippen LogP contribution in [0.2, 0.25) is 5.02 Å². The highest BCUT2D eigenvalue weighted by Crippen LogP contribution is 2.35. The summed E-state index contributed by atoms with van der Waals surface area (Å²) >= 11 is 9.25. The molecule has 0 saturated heterocycles. The number of halogens is 1. The van der Waals surface area contributed by atoms with E-state index in [1.165, 1.54) is 27.4 Å². The Hall–Kier alpha value is -4.53. The van der Waals surface area contributed by atoms with Crippen molar-refractivity contribution in [3.8, 4) is 10.4 Å². The number of hydrogen-bond donors (Lipinski definition) is 3. The molecule has 0 fully saturated rings. The van der Waals surface area contributed by atoms with Crippen LogP contribution in [0.1, 0.15) is 41.8 Å². The summed E-state index contributed by atoms with van der Waals surface area (Å²) in [5.74, 6) is 1.41. The van der Waals surface area contributed by atoms with Gasteiger partial charge in [-0.3, -0.25) is 4.79 Å². The monoisotopic (exact) mass is 767 g/mol. The van der Waals surface area contributed by atoms with Gasteiger partial charge in [-0.2, -0.15) is 0 Å². The molecule has 274 valence electrons. The molecule has 0 saturated carbocycles. The predicted molar refractivity (Wildman–Crippen MR) is 218 cm³/mol. The third-order valence-electron chi connectivity index (χ3n) is 8.87. The summed E-state index contributed by atoms with van der Waals surface area (Å²) in [7, 11) is 1.97. The van der Waals surface area contributed by atoms with Crippen molar-refractivity contribution in [3.63, 3.8) is 0 Å². The number of thioether (sulfide) groups is 1. The van der Waals surface area contributed by atoms with Crippen LogP contribution in [0.4, 0.5) is 5.82 Å².